The van der Waals surface area contributed by atoms with Gasteiger partial charge in [-0.2, -0.15) is 0 Å². The Morgan fingerprint density at radius 1 is 1.32 bits per heavy atom. The highest BCUT2D eigenvalue weighted by atomic mass is 35.5. The number of sulfonamides is 1. The maximum absolute atomic E-state index is 12.5. The topological polar surface area (TPSA) is 75.7 Å². The average molecular weight is 387 g/mol. The highest BCUT2D eigenvalue weighted by Crippen LogP contribution is 2.37. The fourth-order valence-electron chi connectivity index (χ4n) is 3.43. The first-order valence-electron chi connectivity index (χ1n) is 8.56. The molecule has 0 saturated heterocycles. The summed E-state index contributed by atoms with van der Waals surface area (Å²) < 4.78 is 31.2. The lowest BCUT2D eigenvalue weighted by Crippen LogP contribution is -2.51. The van der Waals surface area contributed by atoms with Crippen molar-refractivity contribution < 1.29 is 17.9 Å². The molecule has 1 aromatic rings. The van der Waals surface area contributed by atoms with E-state index in [0.717, 1.165) is 19.1 Å². The number of fused-ring (bicyclic) bond motifs is 1. The molecule has 0 bridgehead atoms. The summed E-state index contributed by atoms with van der Waals surface area (Å²) in [6.07, 6.45) is 6.17. The number of hydrogen-bond donors (Lipinski definition) is 1. The first-order valence-corrected chi connectivity index (χ1v) is 10.8. The summed E-state index contributed by atoms with van der Waals surface area (Å²) in [5.74, 6) is 0.567. The van der Waals surface area contributed by atoms with E-state index >= 15 is 0 Å². The molecule has 1 heterocycles. The maximum atomic E-state index is 12.5. The normalized spacial score (nSPS) is 21.4. The van der Waals surface area contributed by atoms with E-state index in [1.54, 1.807) is 12.1 Å². The average Bonchev–Trinajstić information content (AvgIpc) is 2.58. The van der Waals surface area contributed by atoms with Gasteiger partial charge in [0, 0.05) is 11.6 Å². The molecule has 1 aliphatic carbocycles. The second-order valence-electron chi connectivity index (χ2n) is 6.76. The number of halogens is 1. The molecule has 6 nitrogen and oxygen atoms in total. The fourth-order valence-corrected chi connectivity index (χ4v) is 4.50. The Morgan fingerprint density at radius 3 is 2.72 bits per heavy atom. The van der Waals surface area contributed by atoms with Crippen LogP contribution in [0.2, 0.25) is 5.02 Å². The number of rotatable bonds is 4. The molecule has 1 saturated carbocycles. The van der Waals surface area contributed by atoms with Crippen LogP contribution in [0.4, 0.5) is 5.69 Å². The molecule has 1 N–H and O–H groups in total. The van der Waals surface area contributed by atoms with Crippen LogP contribution in [-0.2, 0) is 14.8 Å². The molecule has 8 heteroatoms. The second kappa shape index (κ2) is 7.41. The Kier molecular flexibility index (Phi) is 5.43. The number of carbonyl (C=O) groups is 1. The van der Waals surface area contributed by atoms with Crippen molar-refractivity contribution in [3.63, 3.8) is 0 Å². The van der Waals surface area contributed by atoms with Gasteiger partial charge in [0.15, 0.2) is 6.10 Å². The molecule has 1 unspecified atom stereocenters. The highest BCUT2D eigenvalue weighted by molar-refractivity contribution is 7.92. The largest absolute Gasteiger partial charge is 0.476 e. The van der Waals surface area contributed by atoms with Crippen LogP contribution in [0.15, 0.2) is 18.2 Å². The van der Waals surface area contributed by atoms with Crippen molar-refractivity contribution in [1.29, 1.82) is 0 Å². The SMILES string of the molecule is CS(=O)(=O)N1CC(C(=O)NCC2CCCCC2)Oc2ccc(Cl)cc21. The molecule has 0 spiro atoms. The number of carbonyl (C=O) groups excluding carboxylic acids is 1. The molecule has 0 radical (unpaired) electrons. The van der Waals surface area contributed by atoms with Crippen molar-refractivity contribution in [2.75, 3.05) is 23.7 Å². The van der Waals surface area contributed by atoms with E-state index in [1.165, 1.54) is 29.6 Å². The number of benzene rings is 1. The minimum atomic E-state index is -3.54. The van der Waals surface area contributed by atoms with Crippen LogP contribution in [0.25, 0.3) is 0 Å². The number of ether oxygens (including phenoxy) is 1. The Hall–Kier alpha value is -1.47. The van der Waals surface area contributed by atoms with Crippen LogP contribution in [0.3, 0.4) is 0 Å². The van der Waals surface area contributed by atoms with Crippen molar-refractivity contribution in [2.45, 2.75) is 38.2 Å². The summed E-state index contributed by atoms with van der Waals surface area (Å²) >= 11 is 5.97. The van der Waals surface area contributed by atoms with Gasteiger partial charge in [-0.3, -0.25) is 9.10 Å². The Bertz CT molecular complexity index is 747. The summed E-state index contributed by atoms with van der Waals surface area (Å²) in [5, 5.41) is 3.34. The Balaban J connectivity index is 1.72. The zero-order valence-corrected chi connectivity index (χ0v) is 15.8. The predicted octanol–water partition coefficient (Wildman–Crippen LogP) is 2.56. The van der Waals surface area contributed by atoms with Crippen molar-refractivity contribution in [1.82, 2.24) is 5.32 Å². The molecule has 1 fully saturated rings. The lowest BCUT2D eigenvalue weighted by molar-refractivity contribution is -0.128. The van der Waals surface area contributed by atoms with Crippen molar-refractivity contribution >= 4 is 33.2 Å². The van der Waals surface area contributed by atoms with Gasteiger partial charge < -0.3 is 10.1 Å². The minimum Gasteiger partial charge on any atom is -0.476 e. The zero-order chi connectivity index (χ0) is 18.0. The molecule has 138 valence electrons. The first kappa shape index (κ1) is 18.3. The van der Waals surface area contributed by atoms with E-state index in [0.29, 0.717) is 28.9 Å². The molecule has 25 heavy (non-hydrogen) atoms. The quantitative estimate of drug-likeness (QED) is 0.862. The lowest BCUT2D eigenvalue weighted by atomic mass is 9.89. The number of hydrogen-bond acceptors (Lipinski definition) is 4. The van der Waals surface area contributed by atoms with E-state index in [4.69, 9.17) is 16.3 Å². The van der Waals surface area contributed by atoms with Crippen LogP contribution >= 0.6 is 11.6 Å². The van der Waals surface area contributed by atoms with Gasteiger partial charge in [0.2, 0.25) is 10.0 Å². The molecule has 1 aromatic carbocycles. The van der Waals surface area contributed by atoms with Gasteiger partial charge in [0.1, 0.15) is 5.75 Å². The summed E-state index contributed by atoms with van der Waals surface area (Å²) in [6.45, 7) is 0.563. The van der Waals surface area contributed by atoms with Crippen molar-refractivity contribution in [2.24, 2.45) is 5.92 Å². The number of amides is 1. The minimum absolute atomic E-state index is 0.0529. The molecule has 2 aliphatic rings. The highest BCUT2D eigenvalue weighted by Gasteiger charge is 2.35. The Morgan fingerprint density at radius 2 is 2.04 bits per heavy atom. The summed E-state index contributed by atoms with van der Waals surface area (Å²) in [4.78, 5) is 12.5. The van der Waals surface area contributed by atoms with Gasteiger partial charge in [-0.05, 0) is 37.0 Å². The molecule has 0 aromatic heterocycles. The van der Waals surface area contributed by atoms with E-state index < -0.39 is 16.1 Å². The summed E-state index contributed by atoms with van der Waals surface area (Å²) in [6, 6.07) is 4.74. The monoisotopic (exact) mass is 386 g/mol. The molecular formula is C17H23ClN2O4S. The standard InChI is InChI=1S/C17H23ClN2O4S/c1-25(22,23)20-11-16(24-15-8-7-13(18)9-14(15)20)17(21)19-10-12-5-3-2-4-6-12/h7-9,12,16H,2-6,10-11H2,1H3,(H,19,21). The third kappa shape index (κ3) is 4.39. The van der Waals surface area contributed by atoms with Gasteiger partial charge in [-0.15, -0.1) is 0 Å². The second-order valence-corrected chi connectivity index (χ2v) is 9.11. The molecule has 3 rings (SSSR count). The number of anilines is 1. The van der Waals surface area contributed by atoms with E-state index in [1.807, 2.05) is 0 Å². The van der Waals surface area contributed by atoms with Crippen LogP contribution in [0.1, 0.15) is 32.1 Å². The zero-order valence-electron chi connectivity index (χ0n) is 14.2. The Labute approximate surface area is 153 Å². The third-order valence-corrected chi connectivity index (χ3v) is 6.15. The van der Waals surface area contributed by atoms with Gasteiger partial charge >= 0.3 is 0 Å². The molecule has 1 atom stereocenters. The third-order valence-electron chi connectivity index (χ3n) is 4.77. The smallest absolute Gasteiger partial charge is 0.263 e. The van der Waals surface area contributed by atoms with Crippen LogP contribution in [0, 0.1) is 5.92 Å². The van der Waals surface area contributed by atoms with Crippen molar-refractivity contribution in [3.05, 3.63) is 23.2 Å². The first-order chi connectivity index (χ1) is 11.8. The van der Waals surface area contributed by atoms with Gasteiger partial charge in [0.05, 0.1) is 18.5 Å². The molecular weight excluding hydrogens is 364 g/mol. The van der Waals surface area contributed by atoms with Crippen LogP contribution < -0.4 is 14.4 Å². The van der Waals surface area contributed by atoms with Gasteiger partial charge in [0.25, 0.3) is 5.91 Å². The number of nitrogens with zero attached hydrogens (tertiary/aromatic N) is 1. The molecule has 1 amide bonds. The number of nitrogens with one attached hydrogen (secondary N) is 1. The van der Waals surface area contributed by atoms with Crippen LogP contribution in [-0.4, -0.2) is 39.8 Å². The van der Waals surface area contributed by atoms with Crippen LogP contribution in [0.5, 0.6) is 5.75 Å². The fraction of sp³-hybridized carbons (Fsp3) is 0.588. The summed E-state index contributed by atoms with van der Waals surface area (Å²) in [5.41, 5.74) is 0.367. The van der Waals surface area contributed by atoms with Crippen molar-refractivity contribution in [3.8, 4) is 5.75 Å². The summed E-state index contributed by atoms with van der Waals surface area (Å²) in [7, 11) is -3.54. The van der Waals surface area contributed by atoms with E-state index in [9.17, 15) is 13.2 Å². The van der Waals surface area contributed by atoms with E-state index in [2.05, 4.69) is 5.32 Å². The van der Waals surface area contributed by atoms with E-state index in [-0.39, 0.29) is 12.5 Å². The van der Waals surface area contributed by atoms with Gasteiger partial charge in [-0.1, -0.05) is 30.9 Å². The molecule has 1 aliphatic heterocycles. The lowest BCUT2D eigenvalue weighted by Gasteiger charge is -2.34. The predicted molar refractivity (Wildman–Crippen MR) is 97.6 cm³/mol. The maximum Gasteiger partial charge on any atom is 0.263 e. The van der Waals surface area contributed by atoms with Gasteiger partial charge in [-0.25, -0.2) is 8.42 Å².